The number of carbonyl (C=O) groups excluding carboxylic acids is 2. The fourth-order valence-electron chi connectivity index (χ4n) is 3.97. The summed E-state index contributed by atoms with van der Waals surface area (Å²) in [6.07, 6.45) is -6.86. The Morgan fingerprint density at radius 1 is 1.09 bits per heavy atom. The van der Waals surface area contributed by atoms with Gasteiger partial charge in [0, 0.05) is 6.42 Å². The van der Waals surface area contributed by atoms with Crippen molar-refractivity contribution >= 4 is 35.1 Å². The molecule has 1 aromatic carbocycles. The number of methoxy groups -OCH3 is 1. The maximum absolute atomic E-state index is 13.0. The summed E-state index contributed by atoms with van der Waals surface area (Å²) < 4.78 is 27.3. The van der Waals surface area contributed by atoms with Crippen LogP contribution < -0.4 is 4.74 Å². The lowest BCUT2D eigenvalue weighted by Crippen LogP contribution is -2.54. The van der Waals surface area contributed by atoms with Crippen LogP contribution in [-0.4, -0.2) is 77.3 Å². The summed E-state index contributed by atoms with van der Waals surface area (Å²) in [5.41, 5.74) is 0.0966. The smallest absolute Gasteiger partial charge is 0.342 e. The van der Waals surface area contributed by atoms with Crippen LogP contribution in [0.5, 0.6) is 11.5 Å². The first-order valence-corrected chi connectivity index (χ1v) is 11.0. The molecule has 12 heteroatoms. The number of aliphatic hydroxyl groups excluding tert-OH is 2. The average molecular weight is 509 g/mol. The van der Waals surface area contributed by atoms with Crippen LogP contribution in [0.2, 0.25) is 10.0 Å². The van der Waals surface area contributed by atoms with Crippen LogP contribution in [0.4, 0.5) is 0 Å². The Hall–Kier alpha value is -1.82. The molecule has 7 atom stereocenters. The maximum Gasteiger partial charge on any atom is 0.342 e. The molecule has 0 aliphatic carbocycles. The first-order chi connectivity index (χ1) is 15.5. The van der Waals surface area contributed by atoms with E-state index < -0.39 is 60.6 Å². The van der Waals surface area contributed by atoms with Gasteiger partial charge in [-0.15, -0.1) is 0 Å². The minimum absolute atomic E-state index is 0.0701. The molecule has 2 heterocycles. The number of halogens is 2. The van der Waals surface area contributed by atoms with E-state index in [2.05, 4.69) is 0 Å². The third-order valence-corrected chi connectivity index (χ3v) is 6.50. The van der Waals surface area contributed by atoms with Crippen LogP contribution in [-0.2, 0) is 23.7 Å². The molecule has 10 nitrogen and oxygen atoms in total. The van der Waals surface area contributed by atoms with E-state index in [1.807, 2.05) is 0 Å². The van der Waals surface area contributed by atoms with Crippen molar-refractivity contribution in [3.8, 4) is 11.5 Å². The molecule has 2 aliphatic heterocycles. The number of phenolic OH excluding ortho intramolecular Hbond substituents is 1. The van der Waals surface area contributed by atoms with Gasteiger partial charge >= 0.3 is 11.9 Å². The SMILES string of the molecule is COc1c(Cl)c(O)c(Cl)c(C)c1C(=O)O[C@H]1[C@H](O)C[C@H](O[C@H]2[C@@H](O)CC(=O)O[C@@H]2C)O[C@@H]1C. The Kier molecular flexibility index (Phi) is 7.98. The monoisotopic (exact) mass is 508 g/mol. The molecule has 1 aromatic rings. The van der Waals surface area contributed by atoms with Crippen LogP contribution in [0.15, 0.2) is 0 Å². The lowest BCUT2D eigenvalue weighted by molar-refractivity contribution is -0.283. The van der Waals surface area contributed by atoms with Crippen LogP contribution in [0.3, 0.4) is 0 Å². The summed E-state index contributed by atoms with van der Waals surface area (Å²) in [4.78, 5) is 24.4. The largest absolute Gasteiger partial charge is 0.505 e. The minimum Gasteiger partial charge on any atom is -0.505 e. The second kappa shape index (κ2) is 10.2. The number of aromatic hydroxyl groups is 1. The maximum atomic E-state index is 13.0. The molecule has 0 radical (unpaired) electrons. The Balaban J connectivity index is 1.72. The van der Waals surface area contributed by atoms with Gasteiger partial charge in [-0.05, 0) is 26.3 Å². The van der Waals surface area contributed by atoms with Crippen molar-refractivity contribution < 1.29 is 48.6 Å². The quantitative estimate of drug-likeness (QED) is 0.506. The van der Waals surface area contributed by atoms with E-state index in [9.17, 15) is 24.9 Å². The van der Waals surface area contributed by atoms with E-state index >= 15 is 0 Å². The molecule has 0 unspecified atom stereocenters. The summed E-state index contributed by atoms with van der Waals surface area (Å²) in [5.74, 6) is -1.95. The molecule has 0 bridgehead atoms. The van der Waals surface area contributed by atoms with Gasteiger partial charge in [-0.3, -0.25) is 4.79 Å². The Morgan fingerprint density at radius 2 is 1.76 bits per heavy atom. The zero-order valence-corrected chi connectivity index (χ0v) is 19.9. The van der Waals surface area contributed by atoms with E-state index in [-0.39, 0.29) is 39.8 Å². The molecule has 0 aromatic heterocycles. The minimum atomic E-state index is -1.17. The molecule has 0 spiro atoms. The van der Waals surface area contributed by atoms with Gasteiger partial charge in [-0.1, -0.05) is 23.2 Å². The molecule has 0 saturated carbocycles. The number of esters is 2. The summed E-state index contributed by atoms with van der Waals surface area (Å²) in [7, 11) is 1.27. The lowest BCUT2D eigenvalue weighted by Gasteiger charge is -2.41. The van der Waals surface area contributed by atoms with Crippen LogP contribution in [0, 0.1) is 6.92 Å². The third kappa shape index (κ3) is 5.16. The Morgan fingerprint density at radius 3 is 2.33 bits per heavy atom. The van der Waals surface area contributed by atoms with Crippen LogP contribution in [0.1, 0.15) is 42.6 Å². The Bertz CT molecular complexity index is 897. The number of rotatable bonds is 5. The summed E-state index contributed by atoms with van der Waals surface area (Å²) in [6, 6.07) is 0. The zero-order valence-electron chi connectivity index (χ0n) is 18.4. The van der Waals surface area contributed by atoms with E-state index in [1.165, 1.54) is 14.0 Å². The lowest BCUT2D eigenvalue weighted by atomic mass is 10.00. The van der Waals surface area contributed by atoms with Gasteiger partial charge in [0.05, 0.1) is 36.9 Å². The second-order valence-corrected chi connectivity index (χ2v) is 8.78. The number of hydrogen-bond donors (Lipinski definition) is 3. The van der Waals surface area contributed by atoms with Crippen molar-refractivity contribution in [3.63, 3.8) is 0 Å². The molecule has 3 N–H and O–H groups in total. The number of phenols is 1. The number of hydrogen-bond acceptors (Lipinski definition) is 10. The van der Waals surface area contributed by atoms with Crippen molar-refractivity contribution in [3.05, 3.63) is 21.2 Å². The number of carbonyl (C=O) groups is 2. The molecular formula is C21H26Cl2O10. The number of ether oxygens (including phenoxy) is 5. The van der Waals surface area contributed by atoms with Crippen molar-refractivity contribution in [1.82, 2.24) is 0 Å². The highest BCUT2D eigenvalue weighted by atomic mass is 35.5. The van der Waals surface area contributed by atoms with Gasteiger partial charge in [-0.25, -0.2) is 4.79 Å². The van der Waals surface area contributed by atoms with Gasteiger partial charge in [0.15, 0.2) is 23.9 Å². The van der Waals surface area contributed by atoms with E-state index in [0.717, 1.165) is 0 Å². The highest BCUT2D eigenvalue weighted by molar-refractivity contribution is 6.39. The van der Waals surface area contributed by atoms with Crippen molar-refractivity contribution in [2.45, 2.75) is 76.5 Å². The summed E-state index contributed by atoms with van der Waals surface area (Å²) in [5, 5.41) is 30.4. The molecule has 2 aliphatic rings. The Labute approximate surface area is 200 Å². The molecule has 184 valence electrons. The first kappa shape index (κ1) is 25.8. The molecule has 2 saturated heterocycles. The topological polar surface area (TPSA) is 141 Å². The fourth-order valence-corrected chi connectivity index (χ4v) is 4.47. The molecule has 2 fully saturated rings. The average Bonchev–Trinajstić information content (AvgIpc) is 2.74. The predicted molar refractivity (Wildman–Crippen MR) is 115 cm³/mol. The van der Waals surface area contributed by atoms with Crippen LogP contribution >= 0.6 is 23.2 Å². The van der Waals surface area contributed by atoms with Gasteiger partial charge in [0.1, 0.15) is 22.8 Å². The van der Waals surface area contributed by atoms with Crippen molar-refractivity contribution in [1.29, 1.82) is 0 Å². The molecule has 3 rings (SSSR count). The third-order valence-electron chi connectivity index (χ3n) is 5.68. The van der Waals surface area contributed by atoms with E-state index in [4.69, 9.17) is 46.9 Å². The first-order valence-electron chi connectivity index (χ1n) is 10.3. The number of cyclic esters (lactones) is 1. The standard InChI is InChI=1S/C21H26Cl2O10/c1-7-14(20(29-4)16(23)17(27)15(7)22)21(28)33-19-9(3)31-13(6-11(19)25)32-18-8(2)30-12(26)5-10(18)24/h8-11,13,18-19,24-25,27H,5-6H2,1-4H3/t8-,9-,10+,11-,13+,18-,19-/m1/s1. The number of aliphatic hydroxyl groups is 2. The summed E-state index contributed by atoms with van der Waals surface area (Å²) >= 11 is 12.1. The fraction of sp³-hybridized carbons (Fsp3) is 0.619. The summed E-state index contributed by atoms with van der Waals surface area (Å²) in [6.45, 7) is 4.65. The van der Waals surface area contributed by atoms with Gasteiger partial charge < -0.3 is 39.0 Å². The van der Waals surface area contributed by atoms with E-state index in [1.54, 1.807) is 13.8 Å². The second-order valence-electron chi connectivity index (χ2n) is 8.02. The van der Waals surface area contributed by atoms with Crippen molar-refractivity contribution in [2.75, 3.05) is 7.11 Å². The van der Waals surface area contributed by atoms with E-state index in [0.29, 0.717) is 0 Å². The molecular weight excluding hydrogens is 483 g/mol. The normalized spacial score (nSPS) is 32.2. The van der Waals surface area contributed by atoms with Crippen molar-refractivity contribution in [2.24, 2.45) is 0 Å². The predicted octanol–water partition coefficient (Wildman–Crippen LogP) is 2.12. The van der Waals surface area contributed by atoms with Gasteiger partial charge in [-0.2, -0.15) is 0 Å². The highest BCUT2D eigenvalue weighted by Gasteiger charge is 2.43. The highest BCUT2D eigenvalue weighted by Crippen LogP contribution is 2.45. The van der Waals surface area contributed by atoms with Gasteiger partial charge in [0.2, 0.25) is 0 Å². The number of benzene rings is 1. The zero-order chi connectivity index (χ0) is 24.6. The molecule has 0 amide bonds. The van der Waals surface area contributed by atoms with Crippen LogP contribution in [0.25, 0.3) is 0 Å². The van der Waals surface area contributed by atoms with Gasteiger partial charge in [0.25, 0.3) is 0 Å². The molecule has 33 heavy (non-hydrogen) atoms.